The first-order valence-electron chi connectivity index (χ1n) is 7.53. The second kappa shape index (κ2) is 8.35. The SMILES string of the molecule is NC(=O)[C@@H]1CCCN(C(=O)COC(=O)Cc2ccc(Cl)cc2Cl)C1. The molecule has 0 bridgehead atoms. The third-order valence-corrected chi connectivity index (χ3v) is 4.47. The molecule has 0 unspecified atom stereocenters. The highest BCUT2D eigenvalue weighted by Crippen LogP contribution is 2.21. The van der Waals surface area contributed by atoms with E-state index in [9.17, 15) is 14.4 Å². The van der Waals surface area contributed by atoms with Crippen molar-refractivity contribution in [2.45, 2.75) is 19.3 Å². The summed E-state index contributed by atoms with van der Waals surface area (Å²) in [6, 6.07) is 4.79. The van der Waals surface area contributed by atoms with E-state index >= 15 is 0 Å². The number of nitrogens with zero attached hydrogens (tertiary/aromatic N) is 1. The standard InChI is InChI=1S/C16H18Cl2N2O4/c17-12-4-3-10(13(18)7-12)6-15(22)24-9-14(21)20-5-1-2-11(8-20)16(19)23/h3-4,7,11H,1-2,5-6,8-9H2,(H2,19,23)/t11-/m1/s1. The Balaban J connectivity index is 1.82. The Hall–Kier alpha value is -1.79. The maximum atomic E-state index is 12.1. The van der Waals surface area contributed by atoms with Crippen LogP contribution < -0.4 is 5.73 Å². The van der Waals surface area contributed by atoms with Gasteiger partial charge in [0, 0.05) is 23.1 Å². The summed E-state index contributed by atoms with van der Waals surface area (Å²) in [7, 11) is 0. The first-order chi connectivity index (χ1) is 11.4. The predicted molar refractivity (Wildman–Crippen MR) is 89.6 cm³/mol. The van der Waals surface area contributed by atoms with E-state index in [0.29, 0.717) is 35.0 Å². The van der Waals surface area contributed by atoms with Gasteiger partial charge in [-0.3, -0.25) is 14.4 Å². The smallest absolute Gasteiger partial charge is 0.310 e. The Labute approximate surface area is 149 Å². The lowest BCUT2D eigenvalue weighted by Gasteiger charge is -2.31. The van der Waals surface area contributed by atoms with Crippen LogP contribution in [0.4, 0.5) is 0 Å². The molecule has 1 fully saturated rings. The molecule has 2 rings (SSSR count). The Kier molecular flexibility index (Phi) is 6.45. The third kappa shape index (κ3) is 5.11. The molecular weight excluding hydrogens is 355 g/mol. The number of carbonyl (C=O) groups is 3. The molecule has 1 heterocycles. The van der Waals surface area contributed by atoms with Gasteiger partial charge in [-0.25, -0.2) is 0 Å². The molecule has 24 heavy (non-hydrogen) atoms. The number of carbonyl (C=O) groups excluding carboxylic acids is 3. The van der Waals surface area contributed by atoms with Crippen LogP contribution in [0.5, 0.6) is 0 Å². The number of ether oxygens (including phenoxy) is 1. The number of amides is 2. The molecule has 0 spiro atoms. The summed E-state index contributed by atoms with van der Waals surface area (Å²) >= 11 is 11.8. The van der Waals surface area contributed by atoms with Gasteiger partial charge in [0.25, 0.3) is 5.91 Å². The highest BCUT2D eigenvalue weighted by Gasteiger charge is 2.27. The van der Waals surface area contributed by atoms with Gasteiger partial charge in [0.1, 0.15) is 0 Å². The second-order valence-corrected chi connectivity index (χ2v) is 6.50. The van der Waals surface area contributed by atoms with Crippen LogP contribution in [0, 0.1) is 5.92 Å². The van der Waals surface area contributed by atoms with Crippen LogP contribution in [0.15, 0.2) is 18.2 Å². The van der Waals surface area contributed by atoms with Crippen molar-refractivity contribution in [3.05, 3.63) is 33.8 Å². The van der Waals surface area contributed by atoms with Gasteiger partial charge in [-0.15, -0.1) is 0 Å². The molecule has 0 aliphatic carbocycles. The van der Waals surface area contributed by atoms with E-state index < -0.39 is 11.9 Å². The molecule has 1 saturated heterocycles. The van der Waals surface area contributed by atoms with Crippen molar-refractivity contribution < 1.29 is 19.1 Å². The molecule has 6 nitrogen and oxygen atoms in total. The summed E-state index contributed by atoms with van der Waals surface area (Å²) in [6.45, 7) is 0.438. The summed E-state index contributed by atoms with van der Waals surface area (Å²) in [4.78, 5) is 36.7. The predicted octanol–water partition coefficient (Wildman–Crippen LogP) is 1.80. The van der Waals surface area contributed by atoms with Gasteiger partial charge >= 0.3 is 5.97 Å². The summed E-state index contributed by atoms with van der Waals surface area (Å²) in [6.07, 6.45) is 1.33. The fourth-order valence-corrected chi connectivity index (χ4v) is 3.02. The first kappa shape index (κ1) is 18.5. The lowest BCUT2D eigenvalue weighted by molar-refractivity contribution is -0.152. The maximum absolute atomic E-state index is 12.1. The van der Waals surface area contributed by atoms with Crippen LogP contribution >= 0.6 is 23.2 Å². The number of likely N-dealkylation sites (tertiary alicyclic amines) is 1. The molecule has 8 heteroatoms. The van der Waals surface area contributed by atoms with Crippen LogP contribution in [0.3, 0.4) is 0 Å². The maximum Gasteiger partial charge on any atom is 0.310 e. The molecule has 0 saturated carbocycles. The van der Waals surface area contributed by atoms with Crippen molar-refractivity contribution in [1.82, 2.24) is 4.90 Å². The Morgan fingerprint density at radius 3 is 2.71 bits per heavy atom. The highest BCUT2D eigenvalue weighted by atomic mass is 35.5. The molecule has 2 N–H and O–H groups in total. The largest absolute Gasteiger partial charge is 0.455 e. The topological polar surface area (TPSA) is 89.7 Å². The molecule has 2 amide bonds. The first-order valence-corrected chi connectivity index (χ1v) is 8.29. The summed E-state index contributed by atoms with van der Waals surface area (Å²) in [5, 5.41) is 0.840. The van der Waals surface area contributed by atoms with E-state index in [1.165, 1.54) is 11.0 Å². The number of nitrogens with two attached hydrogens (primary N) is 1. The molecule has 1 aliphatic rings. The van der Waals surface area contributed by atoms with Crippen LogP contribution in [-0.4, -0.2) is 42.4 Å². The Bertz CT molecular complexity index is 651. The molecule has 0 radical (unpaired) electrons. The summed E-state index contributed by atoms with van der Waals surface area (Å²) < 4.78 is 5.00. The highest BCUT2D eigenvalue weighted by molar-refractivity contribution is 6.35. The molecular formula is C16H18Cl2N2O4. The number of piperidine rings is 1. The Morgan fingerprint density at radius 2 is 2.04 bits per heavy atom. The van der Waals surface area contributed by atoms with Crippen molar-refractivity contribution in [3.8, 4) is 0 Å². The monoisotopic (exact) mass is 372 g/mol. The number of halogens is 2. The van der Waals surface area contributed by atoms with E-state index in [4.69, 9.17) is 33.7 Å². The van der Waals surface area contributed by atoms with Gasteiger partial charge in [-0.05, 0) is 30.5 Å². The quantitative estimate of drug-likeness (QED) is 0.797. The zero-order chi connectivity index (χ0) is 17.7. The number of hydrogen-bond acceptors (Lipinski definition) is 4. The third-order valence-electron chi connectivity index (χ3n) is 3.88. The van der Waals surface area contributed by atoms with E-state index in [1.807, 2.05) is 0 Å². The molecule has 1 atom stereocenters. The zero-order valence-electron chi connectivity index (χ0n) is 13.0. The number of rotatable bonds is 5. The minimum atomic E-state index is -0.559. The molecule has 1 aromatic carbocycles. The average Bonchev–Trinajstić information content (AvgIpc) is 2.55. The molecule has 1 aliphatic heterocycles. The molecule has 0 aromatic heterocycles. The van der Waals surface area contributed by atoms with E-state index in [-0.39, 0.29) is 31.4 Å². The average molecular weight is 373 g/mol. The van der Waals surface area contributed by atoms with E-state index in [0.717, 1.165) is 0 Å². The van der Waals surface area contributed by atoms with Gasteiger partial charge in [0.2, 0.25) is 5.91 Å². The van der Waals surface area contributed by atoms with Gasteiger partial charge in [-0.1, -0.05) is 29.3 Å². The van der Waals surface area contributed by atoms with Gasteiger partial charge in [0.15, 0.2) is 6.61 Å². The summed E-state index contributed by atoms with van der Waals surface area (Å²) in [5.41, 5.74) is 5.85. The number of esters is 1. The van der Waals surface area contributed by atoms with Crippen molar-refractivity contribution >= 4 is 41.0 Å². The Morgan fingerprint density at radius 1 is 1.29 bits per heavy atom. The fourth-order valence-electron chi connectivity index (χ4n) is 2.54. The number of primary amides is 1. The van der Waals surface area contributed by atoms with E-state index in [2.05, 4.69) is 0 Å². The van der Waals surface area contributed by atoms with Crippen molar-refractivity contribution in [2.24, 2.45) is 11.7 Å². The van der Waals surface area contributed by atoms with Crippen molar-refractivity contribution in [2.75, 3.05) is 19.7 Å². The fraction of sp³-hybridized carbons (Fsp3) is 0.438. The second-order valence-electron chi connectivity index (χ2n) is 5.65. The van der Waals surface area contributed by atoms with Gasteiger partial charge in [-0.2, -0.15) is 0 Å². The van der Waals surface area contributed by atoms with E-state index in [1.54, 1.807) is 12.1 Å². The normalized spacial score (nSPS) is 17.4. The van der Waals surface area contributed by atoms with Crippen LogP contribution in [0.1, 0.15) is 18.4 Å². The van der Waals surface area contributed by atoms with Gasteiger partial charge in [0.05, 0.1) is 12.3 Å². The lowest BCUT2D eigenvalue weighted by Crippen LogP contribution is -2.45. The van der Waals surface area contributed by atoms with Gasteiger partial charge < -0.3 is 15.4 Å². The van der Waals surface area contributed by atoms with Crippen LogP contribution in [-0.2, 0) is 25.5 Å². The minimum Gasteiger partial charge on any atom is -0.455 e. The zero-order valence-corrected chi connectivity index (χ0v) is 14.5. The summed E-state index contributed by atoms with van der Waals surface area (Å²) in [5.74, 6) is -1.65. The molecule has 1 aromatic rings. The lowest BCUT2D eigenvalue weighted by atomic mass is 9.97. The van der Waals surface area contributed by atoms with Crippen molar-refractivity contribution in [1.29, 1.82) is 0 Å². The molecule has 130 valence electrons. The number of benzene rings is 1. The van der Waals surface area contributed by atoms with Crippen LogP contribution in [0.25, 0.3) is 0 Å². The van der Waals surface area contributed by atoms with Crippen molar-refractivity contribution in [3.63, 3.8) is 0 Å². The number of hydrogen-bond donors (Lipinski definition) is 1. The minimum absolute atomic E-state index is 0.0484. The van der Waals surface area contributed by atoms with Crippen LogP contribution in [0.2, 0.25) is 10.0 Å².